The van der Waals surface area contributed by atoms with Gasteiger partial charge in [-0.3, -0.25) is 9.69 Å². The number of hydrogen-bond donors (Lipinski definition) is 2. The van der Waals surface area contributed by atoms with Gasteiger partial charge < -0.3 is 11.1 Å². The fourth-order valence-corrected chi connectivity index (χ4v) is 2.55. The highest BCUT2D eigenvalue weighted by Crippen LogP contribution is 2.13. The normalized spacial score (nSPS) is 18.4. The molecule has 21 heavy (non-hydrogen) atoms. The maximum absolute atomic E-state index is 11.9. The number of carbonyl (C=O) groups excluding carboxylic acids is 1. The fraction of sp³-hybridized carbons (Fsp3) is 0.588. The Morgan fingerprint density at radius 2 is 1.76 bits per heavy atom. The molecule has 1 aromatic rings. The zero-order valence-corrected chi connectivity index (χ0v) is 13.1. The number of benzene rings is 1. The highest BCUT2D eigenvalue weighted by molar-refractivity contribution is 5.78. The topological polar surface area (TPSA) is 58.4 Å². The largest absolute Gasteiger partial charge is 0.352 e. The standard InChI is InChI=1S/C17H27N3O/c1-13(14(2)18)17(21)19-11-15-5-7-16(8-6-15)12-20-9-3-4-10-20/h5-8,13-14H,3-4,9-12,18H2,1-2H3,(H,19,21). The second-order valence-corrected chi connectivity index (χ2v) is 6.17. The van der Waals surface area contributed by atoms with E-state index < -0.39 is 0 Å². The predicted octanol–water partition coefficient (Wildman–Crippen LogP) is 1.88. The van der Waals surface area contributed by atoms with Crippen LogP contribution in [0.25, 0.3) is 0 Å². The molecular weight excluding hydrogens is 262 g/mol. The fourth-order valence-electron chi connectivity index (χ4n) is 2.55. The van der Waals surface area contributed by atoms with E-state index in [2.05, 4.69) is 34.5 Å². The van der Waals surface area contributed by atoms with Gasteiger partial charge in [0.05, 0.1) is 0 Å². The van der Waals surface area contributed by atoms with Crippen molar-refractivity contribution < 1.29 is 4.79 Å². The van der Waals surface area contributed by atoms with Gasteiger partial charge in [-0.2, -0.15) is 0 Å². The first kappa shape index (κ1) is 16.0. The number of likely N-dealkylation sites (tertiary alicyclic amines) is 1. The van der Waals surface area contributed by atoms with Gasteiger partial charge in [0, 0.05) is 25.0 Å². The van der Waals surface area contributed by atoms with E-state index in [-0.39, 0.29) is 17.9 Å². The molecule has 2 rings (SSSR count). The molecule has 2 atom stereocenters. The van der Waals surface area contributed by atoms with Crippen molar-refractivity contribution >= 4 is 5.91 Å². The van der Waals surface area contributed by atoms with Gasteiger partial charge in [0.25, 0.3) is 0 Å². The number of nitrogens with zero attached hydrogens (tertiary/aromatic N) is 1. The van der Waals surface area contributed by atoms with Crippen LogP contribution < -0.4 is 11.1 Å². The predicted molar refractivity (Wildman–Crippen MR) is 85.6 cm³/mol. The van der Waals surface area contributed by atoms with Crippen LogP contribution in [0.3, 0.4) is 0 Å². The summed E-state index contributed by atoms with van der Waals surface area (Å²) in [6, 6.07) is 8.40. The van der Waals surface area contributed by atoms with E-state index in [1.165, 1.54) is 31.5 Å². The maximum atomic E-state index is 11.9. The van der Waals surface area contributed by atoms with Crippen molar-refractivity contribution in [1.29, 1.82) is 0 Å². The van der Waals surface area contributed by atoms with Crippen LogP contribution in [0.15, 0.2) is 24.3 Å². The molecular formula is C17H27N3O. The van der Waals surface area contributed by atoms with Crippen LogP contribution in [0.5, 0.6) is 0 Å². The molecule has 0 spiro atoms. The quantitative estimate of drug-likeness (QED) is 0.840. The smallest absolute Gasteiger partial charge is 0.224 e. The van der Waals surface area contributed by atoms with Gasteiger partial charge in [-0.25, -0.2) is 0 Å². The van der Waals surface area contributed by atoms with Crippen molar-refractivity contribution in [3.05, 3.63) is 35.4 Å². The van der Waals surface area contributed by atoms with E-state index in [9.17, 15) is 4.79 Å². The molecule has 0 saturated carbocycles. The molecule has 0 aromatic heterocycles. The lowest BCUT2D eigenvalue weighted by molar-refractivity contribution is -0.125. The first-order chi connectivity index (χ1) is 10.1. The van der Waals surface area contributed by atoms with Crippen LogP contribution in [0.2, 0.25) is 0 Å². The Bertz CT molecular complexity index is 450. The average molecular weight is 289 g/mol. The Labute approximate surface area is 127 Å². The second-order valence-electron chi connectivity index (χ2n) is 6.17. The summed E-state index contributed by atoms with van der Waals surface area (Å²) in [7, 11) is 0. The number of carbonyl (C=O) groups is 1. The van der Waals surface area contributed by atoms with Gasteiger partial charge in [-0.15, -0.1) is 0 Å². The molecule has 1 saturated heterocycles. The minimum atomic E-state index is -0.153. The third-order valence-electron chi connectivity index (χ3n) is 4.30. The summed E-state index contributed by atoms with van der Waals surface area (Å²) in [5.41, 5.74) is 8.21. The first-order valence-corrected chi connectivity index (χ1v) is 7.89. The van der Waals surface area contributed by atoms with Gasteiger partial charge in [-0.05, 0) is 44.0 Å². The highest BCUT2D eigenvalue weighted by atomic mass is 16.1. The van der Waals surface area contributed by atoms with E-state index in [0.717, 1.165) is 12.1 Å². The Morgan fingerprint density at radius 1 is 1.19 bits per heavy atom. The van der Waals surface area contributed by atoms with Gasteiger partial charge >= 0.3 is 0 Å². The Hall–Kier alpha value is -1.39. The molecule has 3 N–H and O–H groups in total. The van der Waals surface area contributed by atoms with E-state index in [1.807, 2.05) is 13.8 Å². The summed E-state index contributed by atoms with van der Waals surface area (Å²) < 4.78 is 0. The van der Waals surface area contributed by atoms with E-state index >= 15 is 0 Å². The molecule has 4 nitrogen and oxygen atoms in total. The van der Waals surface area contributed by atoms with Crippen molar-refractivity contribution in [3.63, 3.8) is 0 Å². The van der Waals surface area contributed by atoms with Crippen LogP contribution in [-0.4, -0.2) is 29.9 Å². The Kier molecular flexibility index (Phi) is 5.76. The summed E-state index contributed by atoms with van der Waals surface area (Å²) in [5, 5.41) is 2.94. The first-order valence-electron chi connectivity index (χ1n) is 7.89. The molecule has 4 heteroatoms. The third kappa shape index (κ3) is 4.83. The lowest BCUT2D eigenvalue weighted by Crippen LogP contribution is -2.38. The summed E-state index contributed by atoms with van der Waals surface area (Å²) in [4.78, 5) is 14.3. The van der Waals surface area contributed by atoms with Crippen molar-refractivity contribution in [1.82, 2.24) is 10.2 Å². The van der Waals surface area contributed by atoms with Gasteiger partial charge in [0.2, 0.25) is 5.91 Å². The van der Waals surface area contributed by atoms with Crippen LogP contribution in [0, 0.1) is 5.92 Å². The Balaban J connectivity index is 1.80. The SMILES string of the molecule is CC(N)C(C)C(=O)NCc1ccc(CN2CCCC2)cc1. The minimum absolute atomic E-state index is 0.0196. The molecule has 1 fully saturated rings. The van der Waals surface area contributed by atoms with E-state index in [0.29, 0.717) is 6.54 Å². The molecule has 1 heterocycles. The second kappa shape index (κ2) is 7.57. The molecule has 0 bridgehead atoms. The summed E-state index contributed by atoms with van der Waals surface area (Å²) >= 11 is 0. The number of nitrogens with two attached hydrogens (primary N) is 1. The monoisotopic (exact) mass is 289 g/mol. The van der Waals surface area contributed by atoms with E-state index in [1.54, 1.807) is 0 Å². The summed E-state index contributed by atoms with van der Waals surface area (Å²) in [6.45, 7) is 7.75. The summed E-state index contributed by atoms with van der Waals surface area (Å²) in [6.07, 6.45) is 2.64. The molecule has 1 aliphatic rings. The molecule has 116 valence electrons. The zero-order chi connectivity index (χ0) is 15.2. The molecule has 1 aliphatic heterocycles. The zero-order valence-electron chi connectivity index (χ0n) is 13.1. The third-order valence-corrected chi connectivity index (χ3v) is 4.30. The van der Waals surface area contributed by atoms with Gasteiger partial charge in [-0.1, -0.05) is 31.2 Å². The van der Waals surface area contributed by atoms with Gasteiger partial charge in [0.1, 0.15) is 0 Å². The molecule has 1 aromatic carbocycles. The molecule has 0 aliphatic carbocycles. The Morgan fingerprint density at radius 3 is 2.33 bits per heavy atom. The highest BCUT2D eigenvalue weighted by Gasteiger charge is 2.16. The molecule has 2 unspecified atom stereocenters. The van der Waals surface area contributed by atoms with Crippen LogP contribution in [0.1, 0.15) is 37.8 Å². The number of rotatable bonds is 6. The van der Waals surface area contributed by atoms with E-state index in [4.69, 9.17) is 5.73 Å². The summed E-state index contributed by atoms with van der Waals surface area (Å²) in [5.74, 6) is -0.134. The number of hydrogen-bond acceptors (Lipinski definition) is 3. The maximum Gasteiger partial charge on any atom is 0.224 e. The van der Waals surface area contributed by atoms with Crippen molar-refractivity contribution in [2.45, 2.75) is 45.8 Å². The van der Waals surface area contributed by atoms with Crippen molar-refractivity contribution in [2.24, 2.45) is 11.7 Å². The average Bonchev–Trinajstić information content (AvgIpc) is 2.98. The lowest BCUT2D eigenvalue weighted by Gasteiger charge is -2.16. The van der Waals surface area contributed by atoms with Crippen LogP contribution in [0.4, 0.5) is 0 Å². The number of nitrogens with one attached hydrogen (secondary N) is 1. The van der Waals surface area contributed by atoms with Crippen LogP contribution >= 0.6 is 0 Å². The van der Waals surface area contributed by atoms with Crippen molar-refractivity contribution in [2.75, 3.05) is 13.1 Å². The van der Waals surface area contributed by atoms with Gasteiger partial charge in [0.15, 0.2) is 0 Å². The lowest BCUT2D eigenvalue weighted by atomic mass is 10.0. The molecule has 1 amide bonds. The molecule has 0 radical (unpaired) electrons. The minimum Gasteiger partial charge on any atom is -0.352 e. The van der Waals surface area contributed by atoms with Crippen LogP contribution in [-0.2, 0) is 17.9 Å². The van der Waals surface area contributed by atoms with Crippen molar-refractivity contribution in [3.8, 4) is 0 Å². The number of amides is 1.